The molecule has 0 spiro atoms. The zero-order chi connectivity index (χ0) is 11.4. The van der Waals surface area contributed by atoms with Gasteiger partial charge < -0.3 is 14.4 Å². The van der Waals surface area contributed by atoms with E-state index in [-0.39, 0.29) is 48.2 Å². The maximum Gasteiger partial charge on any atom is 1.00 e. The average Bonchev–Trinajstić information content (AvgIpc) is 2.36. The molecule has 0 bridgehead atoms. The van der Waals surface area contributed by atoms with Crippen LogP contribution >= 0.6 is 12.0 Å². The Labute approximate surface area is 126 Å². The molecule has 0 saturated heterocycles. The second kappa shape index (κ2) is 7.26. The standard InChI is InChI=1S/C12H12O3S.Na/c13-8-12(16-14)15-11-7-3-5-9-4-1-2-6-10(9)11;/h1-7,12-14H,8H2;/q;+1/p-1. The fraction of sp³-hybridized carbons (Fsp3) is 0.167. The van der Waals surface area contributed by atoms with Gasteiger partial charge in [-0.3, -0.25) is 0 Å². The molecule has 2 aromatic carbocycles. The summed E-state index contributed by atoms with van der Waals surface area (Å²) in [7, 11) is 0. The molecule has 2 rings (SSSR count). The van der Waals surface area contributed by atoms with Crippen LogP contribution in [0.15, 0.2) is 42.5 Å². The topological polar surface area (TPSA) is 52.5 Å². The Morgan fingerprint density at radius 2 is 1.88 bits per heavy atom. The summed E-state index contributed by atoms with van der Waals surface area (Å²) in [6.45, 7) is -0.294. The van der Waals surface area contributed by atoms with Crippen molar-refractivity contribution in [1.82, 2.24) is 0 Å². The maximum atomic E-state index is 10.6. The average molecular weight is 258 g/mol. The van der Waals surface area contributed by atoms with E-state index in [1.54, 1.807) is 6.07 Å². The smallest absolute Gasteiger partial charge is 0.796 e. The third-order valence-electron chi connectivity index (χ3n) is 2.26. The molecule has 84 valence electrons. The molecule has 17 heavy (non-hydrogen) atoms. The van der Waals surface area contributed by atoms with E-state index in [2.05, 4.69) is 0 Å². The van der Waals surface area contributed by atoms with Crippen LogP contribution in [0.25, 0.3) is 10.8 Å². The Kier molecular flexibility index (Phi) is 6.33. The minimum Gasteiger partial charge on any atom is -0.796 e. The Bertz CT molecular complexity index is 469. The van der Waals surface area contributed by atoms with Gasteiger partial charge in [0.25, 0.3) is 0 Å². The maximum absolute atomic E-state index is 10.6. The van der Waals surface area contributed by atoms with E-state index in [0.29, 0.717) is 5.75 Å². The predicted molar refractivity (Wildman–Crippen MR) is 63.8 cm³/mol. The minimum absolute atomic E-state index is 0. The zero-order valence-electron chi connectivity index (χ0n) is 9.50. The summed E-state index contributed by atoms with van der Waals surface area (Å²) in [5.41, 5.74) is -0.759. The number of fused-ring (bicyclic) bond motifs is 1. The fourth-order valence-electron chi connectivity index (χ4n) is 1.53. The van der Waals surface area contributed by atoms with Crippen LogP contribution in [0.1, 0.15) is 0 Å². The van der Waals surface area contributed by atoms with Crippen LogP contribution in [0.4, 0.5) is 0 Å². The molecule has 0 saturated carbocycles. The fourth-order valence-corrected chi connectivity index (χ4v) is 1.73. The van der Waals surface area contributed by atoms with Gasteiger partial charge in [0.15, 0.2) is 5.44 Å². The van der Waals surface area contributed by atoms with Crippen molar-refractivity contribution in [3.63, 3.8) is 0 Å². The molecular formula is C12H11NaO3S. The quantitative estimate of drug-likeness (QED) is 0.452. The number of hydrogen-bond acceptors (Lipinski definition) is 4. The summed E-state index contributed by atoms with van der Waals surface area (Å²) in [6.07, 6.45) is 0. The van der Waals surface area contributed by atoms with Gasteiger partial charge in [0.1, 0.15) is 5.75 Å². The van der Waals surface area contributed by atoms with Gasteiger partial charge in [0.2, 0.25) is 0 Å². The van der Waals surface area contributed by atoms with E-state index in [1.807, 2.05) is 36.4 Å². The summed E-state index contributed by atoms with van der Waals surface area (Å²) in [6, 6.07) is 13.4. The third-order valence-corrected chi connectivity index (χ3v) is 2.72. The monoisotopic (exact) mass is 258 g/mol. The Morgan fingerprint density at radius 3 is 2.59 bits per heavy atom. The van der Waals surface area contributed by atoms with Crippen molar-refractivity contribution in [1.29, 1.82) is 0 Å². The Morgan fingerprint density at radius 1 is 1.18 bits per heavy atom. The molecule has 0 heterocycles. The van der Waals surface area contributed by atoms with Crippen LogP contribution in [-0.2, 0) is 0 Å². The Balaban J connectivity index is 0.00000144. The predicted octanol–water partition coefficient (Wildman–Crippen LogP) is -0.595. The van der Waals surface area contributed by atoms with Crippen molar-refractivity contribution in [3.8, 4) is 5.75 Å². The van der Waals surface area contributed by atoms with Gasteiger partial charge in [-0.25, -0.2) is 12.0 Å². The van der Waals surface area contributed by atoms with Gasteiger partial charge in [0, 0.05) is 5.39 Å². The number of aliphatic hydroxyl groups excluding tert-OH is 1. The summed E-state index contributed by atoms with van der Waals surface area (Å²) < 4.78 is 16.1. The van der Waals surface area contributed by atoms with E-state index in [9.17, 15) is 4.55 Å². The van der Waals surface area contributed by atoms with Crippen molar-refractivity contribution in [2.24, 2.45) is 0 Å². The van der Waals surface area contributed by atoms with Crippen molar-refractivity contribution < 1.29 is 44.0 Å². The number of hydrogen-bond donors (Lipinski definition) is 1. The van der Waals surface area contributed by atoms with Gasteiger partial charge >= 0.3 is 29.6 Å². The van der Waals surface area contributed by atoms with Crippen molar-refractivity contribution >= 4 is 22.8 Å². The first-order valence-electron chi connectivity index (χ1n) is 4.89. The van der Waals surface area contributed by atoms with E-state index in [4.69, 9.17) is 9.84 Å². The molecule has 2 aromatic rings. The summed E-state index contributed by atoms with van der Waals surface area (Å²) in [4.78, 5) is 0. The summed E-state index contributed by atoms with van der Waals surface area (Å²) in [5, 5.41) is 10.9. The molecule has 0 amide bonds. The van der Waals surface area contributed by atoms with Crippen LogP contribution < -0.4 is 34.3 Å². The van der Waals surface area contributed by atoms with Crippen LogP contribution in [0, 0.1) is 0 Å². The van der Waals surface area contributed by atoms with Crippen molar-refractivity contribution in [3.05, 3.63) is 42.5 Å². The first kappa shape index (κ1) is 14.8. The Hall–Kier alpha value is -0.230. The summed E-state index contributed by atoms with van der Waals surface area (Å²) in [5.74, 6) is 0.625. The van der Waals surface area contributed by atoms with Crippen molar-refractivity contribution in [2.45, 2.75) is 5.44 Å². The van der Waals surface area contributed by atoms with E-state index < -0.39 is 5.44 Å². The first-order valence-corrected chi connectivity index (χ1v) is 5.69. The molecule has 1 N–H and O–H groups in total. The van der Waals surface area contributed by atoms with Gasteiger partial charge in [-0.1, -0.05) is 36.4 Å². The molecule has 1 atom stereocenters. The van der Waals surface area contributed by atoms with Gasteiger partial charge in [-0.05, 0) is 11.5 Å². The SMILES string of the molecule is [Na+].[O-]SC(CO)Oc1cccc2ccccc12. The largest absolute Gasteiger partial charge is 1.00 e. The van der Waals surface area contributed by atoms with E-state index >= 15 is 0 Å². The number of benzene rings is 2. The van der Waals surface area contributed by atoms with Gasteiger partial charge in [0.05, 0.1) is 6.61 Å². The molecular weight excluding hydrogens is 247 g/mol. The third kappa shape index (κ3) is 3.61. The normalized spacial score (nSPS) is 11.9. The molecule has 0 aliphatic heterocycles. The zero-order valence-corrected chi connectivity index (χ0v) is 12.3. The van der Waals surface area contributed by atoms with Crippen molar-refractivity contribution in [2.75, 3.05) is 6.61 Å². The molecule has 3 nitrogen and oxygen atoms in total. The number of rotatable bonds is 4. The molecule has 0 fully saturated rings. The van der Waals surface area contributed by atoms with E-state index in [0.717, 1.165) is 10.8 Å². The molecule has 1 unspecified atom stereocenters. The molecule has 5 heteroatoms. The van der Waals surface area contributed by atoms with Gasteiger partial charge in [-0.15, -0.1) is 0 Å². The first-order chi connectivity index (χ1) is 7.85. The summed E-state index contributed by atoms with van der Waals surface area (Å²) >= 11 is 0.251. The number of aliphatic hydroxyl groups is 1. The molecule has 0 aromatic heterocycles. The van der Waals surface area contributed by atoms with Gasteiger partial charge in [-0.2, -0.15) is 0 Å². The van der Waals surface area contributed by atoms with Crippen LogP contribution in [-0.4, -0.2) is 21.7 Å². The van der Waals surface area contributed by atoms with E-state index in [1.165, 1.54) is 0 Å². The molecule has 0 radical (unpaired) electrons. The second-order valence-electron chi connectivity index (χ2n) is 3.30. The molecule has 0 aliphatic carbocycles. The minimum atomic E-state index is -0.759. The van der Waals surface area contributed by atoms with Crippen LogP contribution in [0.3, 0.4) is 0 Å². The second-order valence-corrected chi connectivity index (χ2v) is 4.02. The van der Waals surface area contributed by atoms with Crippen LogP contribution in [0.5, 0.6) is 5.75 Å². The van der Waals surface area contributed by atoms with Crippen LogP contribution in [0.2, 0.25) is 0 Å². The molecule has 0 aliphatic rings. The number of ether oxygens (including phenoxy) is 1.